The first-order chi connectivity index (χ1) is 9.90. The van der Waals surface area contributed by atoms with Crippen molar-refractivity contribution in [2.75, 3.05) is 32.8 Å². The lowest BCUT2D eigenvalue weighted by atomic mass is 10.3. The van der Waals surface area contributed by atoms with E-state index in [9.17, 15) is 8.42 Å². The first kappa shape index (κ1) is 17.0. The highest BCUT2D eigenvalue weighted by Gasteiger charge is 2.22. The second kappa shape index (κ2) is 7.28. The Morgan fingerprint density at radius 3 is 2.95 bits per heavy atom. The maximum absolute atomic E-state index is 11.6. The Morgan fingerprint density at radius 1 is 1.52 bits per heavy atom. The van der Waals surface area contributed by atoms with Crippen molar-refractivity contribution in [3.8, 4) is 5.75 Å². The van der Waals surface area contributed by atoms with Gasteiger partial charge in [0.1, 0.15) is 23.4 Å². The van der Waals surface area contributed by atoms with E-state index in [0.717, 1.165) is 19.6 Å². The summed E-state index contributed by atoms with van der Waals surface area (Å²) in [5, 5.41) is 0. The van der Waals surface area contributed by atoms with E-state index in [4.69, 9.17) is 20.2 Å². The maximum Gasteiger partial charge on any atom is 0.265 e. The molecule has 118 valence electrons. The Labute approximate surface area is 137 Å². The largest absolute Gasteiger partial charge is 0.489 e. The molecule has 21 heavy (non-hydrogen) atoms. The van der Waals surface area contributed by atoms with Crippen LogP contribution < -0.4 is 4.74 Å². The number of hydrogen-bond acceptors (Lipinski definition) is 5. The van der Waals surface area contributed by atoms with Gasteiger partial charge in [0.05, 0.1) is 6.61 Å². The Morgan fingerprint density at radius 2 is 2.29 bits per heavy atom. The fraction of sp³-hybridized carbons (Fsp3) is 0.538. The van der Waals surface area contributed by atoms with E-state index in [0.29, 0.717) is 11.1 Å². The van der Waals surface area contributed by atoms with Crippen LogP contribution in [0.5, 0.6) is 5.75 Å². The first-order valence-electron chi connectivity index (χ1n) is 6.61. The van der Waals surface area contributed by atoms with Gasteiger partial charge in [-0.15, -0.1) is 0 Å². The molecule has 0 bridgehead atoms. The average Bonchev–Trinajstić information content (AvgIpc) is 2.45. The van der Waals surface area contributed by atoms with Gasteiger partial charge in [-0.05, 0) is 24.7 Å². The summed E-state index contributed by atoms with van der Waals surface area (Å²) in [6.07, 6.45) is -0.0757. The first-order valence-corrected chi connectivity index (χ1v) is 9.71. The predicted molar refractivity (Wildman–Crippen MR) is 84.5 cm³/mol. The van der Waals surface area contributed by atoms with E-state index < -0.39 is 9.05 Å². The van der Waals surface area contributed by atoms with Crippen LogP contribution in [0.4, 0.5) is 0 Å². The summed E-state index contributed by atoms with van der Waals surface area (Å²) >= 11 is 3.22. The standard InChI is InChI=1S/C13H17BrClNO4S/c1-2-16-5-6-19-11(8-16)9-20-12-4-3-10(14)7-13(12)21(15,17)18/h3-4,7,11H,2,5-6,8-9H2,1H3. The molecule has 1 unspecified atom stereocenters. The molecule has 1 fully saturated rings. The lowest BCUT2D eigenvalue weighted by Crippen LogP contribution is -2.44. The van der Waals surface area contributed by atoms with Gasteiger partial charge in [0.25, 0.3) is 9.05 Å². The zero-order valence-corrected chi connectivity index (χ0v) is 14.7. The molecule has 0 spiro atoms. The zero-order chi connectivity index (χ0) is 15.5. The van der Waals surface area contributed by atoms with Gasteiger partial charge < -0.3 is 9.47 Å². The topological polar surface area (TPSA) is 55.8 Å². The van der Waals surface area contributed by atoms with Gasteiger partial charge in [0, 0.05) is 28.2 Å². The van der Waals surface area contributed by atoms with E-state index >= 15 is 0 Å². The number of ether oxygens (including phenoxy) is 2. The summed E-state index contributed by atoms with van der Waals surface area (Å²) < 4.78 is 35.0. The smallest absolute Gasteiger partial charge is 0.265 e. The number of benzene rings is 1. The highest BCUT2D eigenvalue weighted by atomic mass is 79.9. The van der Waals surface area contributed by atoms with Gasteiger partial charge in [-0.25, -0.2) is 8.42 Å². The molecule has 5 nitrogen and oxygen atoms in total. The number of rotatable bonds is 5. The minimum Gasteiger partial charge on any atom is -0.489 e. The van der Waals surface area contributed by atoms with Crippen molar-refractivity contribution >= 4 is 35.7 Å². The number of halogens is 2. The van der Waals surface area contributed by atoms with Gasteiger partial charge in [0.15, 0.2) is 0 Å². The summed E-state index contributed by atoms with van der Waals surface area (Å²) in [5.74, 6) is 0.241. The van der Waals surface area contributed by atoms with Crippen LogP contribution in [0, 0.1) is 0 Å². The molecule has 0 N–H and O–H groups in total. The van der Waals surface area contributed by atoms with Crippen LogP contribution in [0.25, 0.3) is 0 Å². The minimum atomic E-state index is -3.86. The van der Waals surface area contributed by atoms with Crippen molar-refractivity contribution < 1.29 is 17.9 Å². The highest BCUT2D eigenvalue weighted by Crippen LogP contribution is 2.30. The van der Waals surface area contributed by atoms with Crippen molar-refractivity contribution in [3.05, 3.63) is 22.7 Å². The maximum atomic E-state index is 11.6. The van der Waals surface area contributed by atoms with Gasteiger partial charge in [-0.3, -0.25) is 4.90 Å². The van der Waals surface area contributed by atoms with Gasteiger partial charge >= 0.3 is 0 Å². The molecule has 0 aromatic heterocycles. The number of morpholine rings is 1. The third kappa shape index (κ3) is 4.82. The zero-order valence-electron chi connectivity index (χ0n) is 11.6. The van der Waals surface area contributed by atoms with E-state index in [2.05, 4.69) is 27.8 Å². The monoisotopic (exact) mass is 397 g/mol. The molecule has 1 saturated heterocycles. The lowest BCUT2D eigenvalue weighted by Gasteiger charge is -2.31. The predicted octanol–water partition coefficient (Wildman–Crippen LogP) is 2.48. The summed E-state index contributed by atoms with van der Waals surface area (Å²) in [4.78, 5) is 2.22. The second-order valence-electron chi connectivity index (χ2n) is 4.73. The third-order valence-electron chi connectivity index (χ3n) is 3.26. The minimum absolute atomic E-state index is 0.0401. The summed E-state index contributed by atoms with van der Waals surface area (Å²) in [6.45, 7) is 5.68. The van der Waals surface area contributed by atoms with Crippen molar-refractivity contribution in [3.63, 3.8) is 0 Å². The molecule has 1 aliphatic rings. The van der Waals surface area contributed by atoms with Crippen molar-refractivity contribution in [1.29, 1.82) is 0 Å². The number of hydrogen-bond donors (Lipinski definition) is 0. The van der Waals surface area contributed by atoms with Crippen LogP contribution in [0.15, 0.2) is 27.6 Å². The van der Waals surface area contributed by atoms with Gasteiger partial charge in [0.2, 0.25) is 0 Å². The normalized spacial score (nSPS) is 20.4. The fourth-order valence-corrected chi connectivity index (χ4v) is 3.65. The Hall–Kier alpha value is -0.340. The van der Waals surface area contributed by atoms with Crippen LogP contribution in [0.2, 0.25) is 0 Å². The number of likely N-dealkylation sites (N-methyl/N-ethyl adjacent to an activating group) is 1. The van der Waals surface area contributed by atoms with Crippen LogP contribution in [0.3, 0.4) is 0 Å². The molecule has 0 aliphatic carbocycles. The SMILES string of the molecule is CCN1CCOC(COc2ccc(Br)cc2S(=O)(=O)Cl)C1. The van der Waals surface area contributed by atoms with Gasteiger partial charge in [-0.2, -0.15) is 0 Å². The van der Waals surface area contributed by atoms with Gasteiger partial charge in [-0.1, -0.05) is 22.9 Å². The highest BCUT2D eigenvalue weighted by molar-refractivity contribution is 9.10. The molecular formula is C13H17BrClNO4S. The number of nitrogens with zero attached hydrogens (tertiary/aromatic N) is 1. The van der Waals surface area contributed by atoms with E-state index in [1.165, 1.54) is 6.07 Å². The summed E-state index contributed by atoms with van der Waals surface area (Å²) in [5.41, 5.74) is 0. The van der Waals surface area contributed by atoms with Crippen LogP contribution >= 0.6 is 26.6 Å². The molecule has 0 amide bonds. The molecule has 0 saturated carbocycles. The van der Waals surface area contributed by atoms with E-state index in [-0.39, 0.29) is 23.4 Å². The molecule has 1 aliphatic heterocycles. The van der Waals surface area contributed by atoms with Crippen LogP contribution in [-0.2, 0) is 13.8 Å². The fourth-order valence-electron chi connectivity index (χ4n) is 2.14. The third-order valence-corrected chi connectivity index (χ3v) is 5.10. The molecule has 1 atom stereocenters. The van der Waals surface area contributed by atoms with E-state index in [1.807, 2.05) is 0 Å². The molecule has 1 aromatic carbocycles. The Bertz CT molecular complexity index is 596. The average molecular weight is 399 g/mol. The van der Waals surface area contributed by atoms with Crippen LogP contribution in [0.1, 0.15) is 6.92 Å². The molecule has 0 radical (unpaired) electrons. The molecule has 8 heteroatoms. The van der Waals surface area contributed by atoms with E-state index in [1.54, 1.807) is 12.1 Å². The summed E-state index contributed by atoms with van der Waals surface area (Å²) in [6, 6.07) is 4.72. The van der Waals surface area contributed by atoms with Crippen molar-refractivity contribution in [1.82, 2.24) is 4.90 Å². The van der Waals surface area contributed by atoms with Crippen molar-refractivity contribution in [2.24, 2.45) is 0 Å². The molecule has 2 rings (SSSR count). The molecular weight excluding hydrogens is 382 g/mol. The van der Waals surface area contributed by atoms with Crippen LogP contribution in [-0.4, -0.2) is 52.3 Å². The quantitative estimate of drug-likeness (QED) is 0.713. The lowest BCUT2D eigenvalue weighted by molar-refractivity contribution is -0.0467. The summed E-state index contributed by atoms with van der Waals surface area (Å²) in [7, 11) is 1.58. The molecule has 1 heterocycles. The second-order valence-corrected chi connectivity index (χ2v) is 8.18. The molecule has 1 aromatic rings. The Kier molecular flexibility index (Phi) is 5.90. The Balaban J connectivity index is 2.06. The van der Waals surface area contributed by atoms with Crippen molar-refractivity contribution in [2.45, 2.75) is 17.9 Å².